The highest BCUT2D eigenvalue weighted by molar-refractivity contribution is 14.0. The van der Waals surface area contributed by atoms with Crippen LogP contribution in [0.15, 0.2) is 53.5 Å². The van der Waals surface area contributed by atoms with E-state index in [9.17, 15) is 0 Å². The van der Waals surface area contributed by atoms with Crippen molar-refractivity contribution in [1.82, 2.24) is 10.6 Å². The summed E-state index contributed by atoms with van der Waals surface area (Å²) in [5, 5.41) is 6.76. The van der Waals surface area contributed by atoms with Gasteiger partial charge in [0, 0.05) is 25.6 Å². The minimum Gasteiger partial charge on any atom is -0.497 e. The molecule has 148 valence electrons. The van der Waals surface area contributed by atoms with Crippen LogP contribution in [-0.4, -0.2) is 33.8 Å². The first-order chi connectivity index (χ1) is 12.5. The lowest BCUT2D eigenvalue weighted by atomic mass is 9.84. The molecule has 0 spiro atoms. The smallest absolute Gasteiger partial charge is 0.191 e. The molecule has 0 aromatic heterocycles. The van der Waals surface area contributed by atoms with Crippen LogP contribution < -0.4 is 20.1 Å². The molecular weight excluding hydrogens is 453 g/mol. The van der Waals surface area contributed by atoms with Crippen LogP contribution in [0.4, 0.5) is 0 Å². The van der Waals surface area contributed by atoms with Gasteiger partial charge in [-0.15, -0.1) is 24.0 Å². The molecule has 0 heterocycles. The van der Waals surface area contributed by atoms with Crippen molar-refractivity contribution in [2.75, 3.05) is 27.8 Å². The van der Waals surface area contributed by atoms with E-state index in [0.717, 1.165) is 24.0 Å². The molecule has 0 saturated carbocycles. The van der Waals surface area contributed by atoms with Crippen molar-refractivity contribution in [2.45, 2.75) is 25.8 Å². The fourth-order valence-electron chi connectivity index (χ4n) is 2.60. The highest BCUT2D eigenvalue weighted by Crippen LogP contribution is 2.24. The van der Waals surface area contributed by atoms with E-state index in [1.54, 1.807) is 21.3 Å². The minimum atomic E-state index is -0.0377. The Hall–Kier alpha value is -1.96. The zero-order valence-electron chi connectivity index (χ0n) is 16.7. The maximum atomic E-state index is 5.23. The number of aliphatic imine (C=N–C) groups is 1. The summed E-state index contributed by atoms with van der Waals surface area (Å²) < 4.78 is 10.4. The zero-order chi connectivity index (χ0) is 19.0. The summed E-state index contributed by atoms with van der Waals surface area (Å²) in [6, 6.07) is 16.2. The molecule has 2 aromatic rings. The predicted molar refractivity (Wildman–Crippen MR) is 123 cm³/mol. The largest absolute Gasteiger partial charge is 0.497 e. The second-order valence-electron chi connectivity index (χ2n) is 6.74. The lowest BCUT2D eigenvalue weighted by molar-refractivity contribution is 0.413. The molecule has 2 N–H and O–H groups in total. The molecule has 0 fully saturated rings. The Kier molecular flexibility index (Phi) is 9.41. The predicted octanol–water partition coefficient (Wildman–Crippen LogP) is 3.96. The fourth-order valence-corrected chi connectivity index (χ4v) is 2.60. The molecule has 5 nitrogen and oxygen atoms in total. The summed E-state index contributed by atoms with van der Waals surface area (Å²) >= 11 is 0. The summed E-state index contributed by atoms with van der Waals surface area (Å²) in [6.45, 7) is 5.88. The summed E-state index contributed by atoms with van der Waals surface area (Å²) in [6.07, 6.45) is 0. The quantitative estimate of drug-likeness (QED) is 0.356. The van der Waals surface area contributed by atoms with Gasteiger partial charge in [-0.1, -0.05) is 38.1 Å². The molecule has 0 aliphatic carbocycles. The maximum Gasteiger partial charge on any atom is 0.191 e. The average Bonchev–Trinajstić information content (AvgIpc) is 2.68. The van der Waals surface area contributed by atoms with Gasteiger partial charge in [-0.25, -0.2) is 0 Å². The molecule has 2 aromatic carbocycles. The Morgan fingerprint density at radius 2 is 1.41 bits per heavy atom. The number of guanidine groups is 1. The molecular formula is C21H30IN3O2. The van der Waals surface area contributed by atoms with Crippen LogP contribution in [0, 0.1) is 0 Å². The summed E-state index contributed by atoms with van der Waals surface area (Å²) in [5.74, 6) is 2.51. The van der Waals surface area contributed by atoms with Gasteiger partial charge in [0.2, 0.25) is 0 Å². The van der Waals surface area contributed by atoms with E-state index in [4.69, 9.17) is 9.47 Å². The van der Waals surface area contributed by atoms with Crippen LogP contribution in [0.25, 0.3) is 0 Å². The lowest BCUT2D eigenvalue weighted by Gasteiger charge is -2.27. The van der Waals surface area contributed by atoms with E-state index in [-0.39, 0.29) is 29.4 Å². The molecule has 27 heavy (non-hydrogen) atoms. The Morgan fingerprint density at radius 1 is 0.889 bits per heavy atom. The van der Waals surface area contributed by atoms with Crippen LogP contribution in [0.3, 0.4) is 0 Å². The van der Waals surface area contributed by atoms with Gasteiger partial charge < -0.3 is 20.1 Å². The minimum absolute atomic E-state index is 0. The molecule has 0 aliphatic rings. The third-order valence-corrected chi connectivity index (χ3v) is 4.41. The molecule has 6 heteroatoms. The number of rotatable bonds is 7. The van der Waals surface area contributed by atoms with Crippen LogP contribution >= 0.6 is 24.0 Å². The van der Waals surface area contributed by atoms with Gasteiger partial charge >= 0.3 is 0 Å². The number of benzene rings is 2. The number of ether oxygens (including phenoxy) is 2. The van der Waals surface area contributed by atoms with Crippen molar-refractivity contribution >= 4 is 29.9 Å². The van der Waals surface area contributed by atoms with E-state index in [1.165, 1.54) is 11.1 Å². The van der Waals surface area contributed by atoms with E-state index < -0.39 is 0 Å². The molecule has 0 aliphatic heterocycles. The normalized spacial score (nSPS) is 11.4. The van der Waals surface area contributed by atoms with E-state index in [1.807, 2.05) is 36.4 Å². The van der Waals surface area contributed by atoms with E-state index in [0.29, 0.717) is 6.54 Å². The van der Waals surface area contributed by atoms with Gasteiger partial charge in [-0.2, -0.15) is 0 Å². The van der Waals surface area contributed by atoms with E-state index >= 15 is 0 Å². The number of nitrogens with zero attached hydrogens (tertiary/aromatic N) is 1. The molecule has 2 rings (SSSR count). The van der Waals surface area contributed by atoms with Crippen LogP contribution in [0.2, 0.25) is 0 Å². The topological polar surface area (TPSA) is 54.9 Å². The number of nitrogens with one attached hydrogen (secondary N) is 2. The van der Waals surface area contributed by atoms with Crippen LogP contribution in [0.1, 0.15) is 25.0 Å². The standard InChI is InChI=1S/C21H29N3O2.HI/c1-21(2,17-8-12-19(26-5)13-9-17)15-24-20(22-3)23-14-16-6-10-18(25-4)11-7-16;/h6-13H,14-15H2,1-5H3,(H2,22,23,24);1H. The van der Waals surface area contributed by atoms with E-state index in [2.05, 4.69) is 41.6 Å². The van der Waals surface area contributed by atoms with Gasteiger partial charge in [-0.05, 0) is 35.4 Å². The van der Waals surface area contributed by atoms with Crippen LogP contribution in [-0.2, 0) is 12.0 Å². The molecule has 0 unspecified atom stereocenters. The molecule has 0 saturated heterocycles. The highest BCUT2D eigenvalue weighted by atomic mass is 127. The summed E-state index contributed by atoms with van der Waals surface area (Å²) in [4.78, 5) is 4.31. The first-order valence-corrected chi connectivity index (χ1v) is 8.70. The Bertz CT molecular complexity index is 713. The van der Waals surface area contributed by atoms with Crippen molar-refractivity contribution < 1.29 is 9.47 Å². The first-order valence-electron chi connectivity index (χ1n) is 8.70. The summed E-state index contributed by atoms with van der Waals surface area (Å²) in [5.41, 5.74) is 2.38. The van der Waals surface area contributed by atoms with Crippen molar-refractivity contribution in [2.24, 2.45) is 4.99 Å². The van der Waals surface area contributed by atoms with Crippen LogP contribution in [0.5, 0.6) is 11.5 Å². The number of hydrogen-bond donors (Lipinski definition) is 2. The average molecular weight is 483 g/mol. The van der Waals surface area contributed by atoms with Gasteiger partial charge in [0.15, 0.2) is 5.96 Å². The van der Waals surface area contributed by atoms with Gasteiger partial charge in [0.25, 0.3) is 0 Å². The number of methoxy groups -OCH3 is 2. The van der Waals surface area contributed by atoms with Crippen molar-refractivity contribution in [1.29, 1.82) is 0 Å². The monoisotopic (exact) mass is 483 g/mol. The molecule has 0 atom stereocenters. The Labute approximate surface area is 179 Å². The third kappa shape index (κ3) is 6.93. The van der Waals surface area contributed by atoms with Gasteiger partial charge in [0.1, 0.15) is 11.5 Å². The SMILES string of the molecule is CN=C(NCc1ccc(OC)cc1)NCC(C)(C)c1ccc(OC)cc1.I. The Balaban J connectivity index is 0.00000364. The molecule has 0 radical (unpaired) electrons. The second kappa shape index (κ2) is 11.0. The second-order valence-corrected chi connectivity index (χ2v) is 6.74. The first kappa shape index (κ1) is 23.1. The van der Waals surface area contributed by atoms with Crippen molar-refractivity contribution in [3.05, 3.63) is 59.7 Å². The Morgan fingerprint density at radius 3 is 1.89 bits per heavy atom. The van der Waals surface area contributed by atoms with Gasteiger partial charge in [0.05, 0.1) is 14.2 Å². The highest BCUT2D eigenvalue weighted by Gasteiger charge is 2.21. The molecule has 0 amide bonds. The lowest BCUT2D eigenvalue weighted by Crippen LogP contribution is -2.43. The van der Waals surface area contributed by atoms with Crippen molar-refractivity contribution in [3.8, 4) is 11.5 Å². The third-order valence-electron chi connectivity index (χ3n) is 4.41. The fraction of sp³-hybridized carbons (Fsp3) is 0.381. The number of halogens is 1. The zero-order valence-corrected chi connectivity index (χ0v) is 19.0. The maximum absolute atomic E-state index is 5.23. The molecule has 0 bridgehead atoms. The van der Waals surface area contributed by atoms with Crippen molar-refractivity contribution in [3.63, 3.8) is 0 Å². The van der Waals surface area contributed by atoms with Gasteiger partial charge in [-0.3, -0.25) is 4.99 Å². The number of hydrogen-bond acceptors (Lipinski definition) is 3. The summed E-state index contributed by atoms with van der Waals surface area (Å²) in [7, 11) is 5.13.